The summed E-state index contributed by atoms with van der Waals surface area (Å²) >= 11 is 0. The van der Waals surface area contributed by atoms with Crippen LogP contribution in [-0.2, 0) is 18.2 Å². The Morgan fingerprint density at radius 3 is 2.44 bits per heavy atom. The first-order valence-electron chi connectivity index (χ1n) is 8.07. The normalized spacial score (nSPS) is 11.6. The standard InChI is InChI=1S/C19H17F3N2O3/c1-11-8-16-15(10-14(11)18(25)26-3)23-17(24(16)2)9-12-4-6-13(7-5-12)27-19(20,21)22/h4-8,10H,9H2,1-3H3. The lowest BCUT2D eigenvalue weighted by Gasteiger charge is -2.09. The molecule has 2 aromatic carbocycles. The van der Waals surface area contributed by atoms with E-state index in [0.717, 1.165) is 22.5 Å². The van der Waals surface area contributed by atoms with Gasteiger partial charge in [-0.1, -0.05) is 12.1 Å². The van der Waals surface area contributed by atoms with E-state index in [1.807, 2.05) is 24.6 Å². The molecule has 0 aliphatic heterocycles. The summed E-state index contributed by atoms with van der Waals surface area (Å²) in [6.45, 7) is 1.82. The number of aromatic nitrogens is 2. The maximum atomic E-state index is 12.2. The largest absolute Gasteiger partial charge is 0.573 e. The van der Waals surface area contributed by atoms with Crippen LogP contribution in [-0.4, -0.2) is 29.0 Å². The van der Waals surface area contributed by atoms with Gasteiger partial charge in [0.1, 0.15) is 11.6 Å². The van der Waals surface area contributed by atoms with Crippen LogP contribution in [0.4, 0.5) is 13.2 Å². The Hall–Kier alpha value is -3.03. The predicted octanol–water partition coefficient (Wildman–Crippen LogP) is 4.16. The van der Waals surface area contributed by atoms with Crippen LogP contribution in [0.15, 0.2) is 36.4 Å². The van der Waals surface area contributed by atoms with E-state index in [1.54, 1.807) is 18.2 Å². The van der Waals surface area contributed by atoms with E-state index in [-0.39, 0.29) is 5.75 Å². The summed E-state index contributed by atoms with van der Waals surface area (Å²) in [4.78, 5) is 16.4. The van der Waals surface area contributed by atoms with Crippen LogP contribution in [0, 0.1) is 6.92 Å². The number of methoxy groups -OCH3 is 1. The smallest absolute Gasteiger partial charge is 0.465 e. The van der Waals surface area contributed by atoms with Crippen molar-refractivity contribution in [2.24, 2.45) is 7.05 Å². The predicted molar refractivity (Wildman–Crippen MR) is 92.7 cm³/mol. The number of carbonyl (C=O) groups excluding carboxylic acids is 1. The number of rotatable bonds is 4. The van der Waals surface area contributed by atoms with Gasteiger partial charge in [0.2, 0.25) is 0 Å². The lowest BCUT2D eigenvalue weighted by Crippen LogP contribution is -2.17. The highest BCUT2D eigenvalue weighted by Crippen LogP contribution is 2.25. The number of esters is 1. The molecule has 0 bridgehead atoms. The first-order valence-corrected chi connectivity index (χ1v) is 8.07. The molecule has 1 aromatic heterocycles. The fourth-order valence-corrected chi connectivity index (χ4v) is 2.87. The molecule has 0 spiro atoms. The molecule has 0 unspecified atom stereocenters. The maximum absolute atomic E-state index is 12.2. The SMILES string of the molecule is COC(=O)c1cc2nc(Cc3ccc(OC(F)(F)F)cc3)n(C)c2cc1C. The number of alkyl halides is 3. The van der Waals surface area contributed by atoms with Gasteiger partial charge >= 0.3 is 12.3 Å². The van der Waals surface area contributed by atoms with Crippen molar-refractivity contribution in [1.29, 1.82) is 0 Å². The molecule has 0 N–H and O–H groups in total. The molecule has 5 nitrogen and oxygen atoms in total. The molecular formula is C19H17F3N2O3. The van der Waals surface area contributed by atoms with Crippen LogP contribution in [0.1, 0.15) is 27.3 Å². The monoisotopic (exact) mass is 378 g/mol. The molecule has 142 valence electrons. The summed E-state index contributed by atoms with van der Waals surface area (Å²) < 4.78 is 47.3. The number of benzene rings is 2. The van der Waals surface area contributed by atoms with E-state index in [9.17, 15) is 18.0 Å². The van der Waals surface area contributed by atoms with Crippen LogP contribution in [0.25, 0.3) is 11.0 Å². The zero-order valence-corrected chi connectivity index (χ0v) is 14.9. The highest BCUT2D eigenvalue weighted by molar-refractivity contribution is 5.95. The van der Waals surface area contributed by atoms with Crippen molar-refractivity contribution < 1.29 is 27.4 Å². The Bertz CT molecular complexity index is 992. The Kier molecular flexibility index (Phi) is 4.82. The van der Waals surface area contributed by atoms with Gasteiger partial charge in [0.25, 0.3) is 0 Å². The van der Waals surface area contributed by atoms with Gasteiger partial charge in [-0.3, -0.25) is 0 Å². The number of fused-ring (bicyclic) bond motifs is 1. The van der Waals surface area contributed by atoms with E-state index in [4.69, 9.17) is 4.74 Å². The molecule has 0 saturated heterocycles. The molecule has 0 fully saturated rings. The molecule has 8 heteroatoms. The lowest BCUT2D eigenvalue weighted by molar-refractivity contribution is -0.274. The summed E-state index contributed by atoms with van der Waals surface area (Å²) in [5.74, 6) is 0.0207. The number of carbonyl (C=O) groups is 1. The van der Waals surface area contributed by atoms with Crippen molar-refractivity contribution >= 4 is 17.0 Å². The number of nitrogens with zero attached hydrogens (tertiary/aromatic N) is 2. The van der Waals surface area contributed by atoms with Crippen LogP contribution >= 0.6 is 0 Å². The van der Waals surface area contributed by atoms with E-state index in [2.05, 4.69) is 9.72 Å². The van der Waals surface area contributed by atoms with Crippen molar-refractivity contribution in [3.8, 4) is 5.75 Å². The van der Waals surface area contributed by atoms with Crippen molar-refractivity contribution in [3.05, 3.63) is 58.9 Å². The molecule has 1 heterocycles. The second kappa shape index (κ2) is 6.94. The fourth-order valence-electron chi connectivity index (χ4n) is 2.87. The van der Waals surface area contributed by atoms with Gasteiger partial charge in [0.05, 0.1) is 23.7 Å². The highest BCUT2D eigenvalue weighted by Gasteiger charge is 2.31. The Labute approximate surface area is 153 Å². The van der Waals surface area contributed by atoms with Crippen LogP contribution in [0.5, 0.6) is 5.75 Å². The lowest BCUT2D eigenvalue weighted by atomic mass is 10.1. The quantitative estimate of drug-likeness (QED) is 0.640. The molecule has 0 saturated carbocycles. The highest BCUT2D eigenvalue weighted by atomic mass is 19.4. The molecular weight excluding hydrogens is 361 g/mol. The van der Waals surface area contributed by atoms with Gasteiger partial charge in [-0.15, -0.1) is 13.2 Å². The zero-order valence-electron chi connectivity index (χ0n) is 14.9. The molecule has 0 aliphatic rings. The van der Waals surface area contributed by atoms with Gasteiger partial charge in [0.15, 0.2) is 0 Å². The van der Waals surface area contributed by atoms with Gasteiger partial charge in [-0.05, 0) is 42.3 Å². The van der Waals surface area contributed by atoms with Gasteiger partial charge in [-0.25, -0.2) is 9.78 Å². The molecule has 0 radical (unpaired) electrons. The summed E-state index contributed by atoms with van der Waals surface area (Å²) in [7, 11) is 3.17. The number of hydrogen-bond donors (Lipinski definition) is 0. The van der Waals surface area contributed by atoms with Gasteiger partial charge in [0, 0.05) is 13.5 Å². The number of hydrogen-bond acceptors (Lipinski definition) is 4. The minimum atomic E-state index is -4.71. The van der Waals surface area contributed by atoms with E-state index >= 15 is 0 Å². The molecule has 3 rings (SSSR count). The Morgan fingerprint density at radius 1 is 1.19 bits per heavy atom. The van der Waals surface area contributed by atoms with E-state index in [1.165, 1.54) is 19.2 Å². The summed E-state index contributed by atoms with van der Waals surface area (Å²) in [6, 6.07) is 9.20. The summed E-state index contributed by atoms with van der Waals surface area (Å²) in [5, 5.41) is 0. The third kappa shape index (κ3) is 4.05. The molecule has 3 aromatic rings. The van der Waals surface area contributed by atoms with E-state index in [0.29, 0.717) is 17.5 Å². The number of halogens is 3. The van der Waals surface area contributed by atoms with Gasteiger partial charge in [-0.2, -0.15) is 0 Å². The minimum Gasteiger partial charge on any atom is -0.465 e. The third-order valence-electron chi connectivity index (χ3n) is 4.24. The first-order chi connectivity index (χ1) is 12.7. The summed E-state index contributed by atoms with van der Waals surface area (Å²) in [5.41, 5.74) is 3.51. The third-order valence-corrected chi connectivity index (χ3v) is 4.24. The summed E-state index contributed by atoms with van der Waals surface area (Å²) in [6.07, 6.45) is -4.29. The average molecular weight is 378 g/mol. The van der Waals surface area contributed by atoms with Crippen molar-refractivity contribution in [1.82, 2.24) is 9.55 Å². The molecule has 0 amide bonds. The topological polar surface area (TPSA) is 53.4 Å². The number of ether oxygens (including phenoxy) is 2. The number of imidazole rings is 1. The zero-order chi connectivity index (χ0) is 19.8. The Morgan fingerprint density at radius 2 is 1.85 bits per heavy atom. The second-order valence-corrected chi connectivity index (χ2v) is 6.10. The average Bonchev–Trinajstić information content (AvgIpc) is 2.89. The molecule has 27 heavy (non-hydrogen) atoms. The number of aryl methyl sites for hydroxylation is 2. The fraction of sp³-hybridized carbons (Fsp3) is 0.263. The molecule has 0 atom stereocenters. The molecule has 0 aliphatic carbocycles. The first kappa shape index (κ1) is 18.8. The van der Waals surface area contributed by atoms with Crippen LogP contribution in [0.3, 0.4) is 0 Å². The maximum Gasteiger partial charge on any atom is 0.573 e. The van der Waals surface area contributed by atoms with Crippen LogP contribution < -0.4 is 4.74 Å². The van der Waals surface area contributed by atoms with E-state index < -0.39 is 12.3 Å². The van der Waals surface area contributed by atoms with Crippen molar-refractivity contribution in [2.45, 2.75) is 19.7 Å². The van der Waals surface area contributed by atoms with Crippen molar-refractivity contribution in [3.63, 3.8) is 0 Å². The minimum absolute atomic E-state index is 0.269. The Balaban J connectivity index is 1.89. The van der Waals surface area contributed by atoms with Crippen LogP contribution in [0.2, 0.25) is 0 Å². The van der Waals surface area contributed by atoms with Crippen molar-refractivity contribution in [2.75, 3.05) is 7.11 Å². The van der Waals surface area contributed by atoms with Gasteiger partial charge < -0.3 is 14.0 Å². The second-order valence-electron chi connectivity index (χ2n) is 6.10.